The van der Waals surface area contributed by atoms with E-state index in [9.17, 15) is 4.79 Å². The Balaban J connectivity index is 1.51. The second-order valence-corrected chi connectivity index (χ2v) is 7.68. The third-order valence-corrected chi connectivity index (χ3v) is 5.47. The van der Waals surface area contributed by atoms with Crippen LogP contribution < -0.4 is 15.0 Å². The number of benzene rings is 1. The summed E-state index contributed by atoms with van der Waals surface area (Å²) < 4.78 is 18.6. The third kappa shape index (κ3) is 3.42. The molecule has 1 aliphatic rings. The first-order valence-corrected chi connectivity index (χ1v) is 10.0. The van der Waals surface area contributed by atoms with Crippen molar-refractivity contribution in [1.82, 2.24) is 14.9 Å². The Morgan fingerprint density at radius 3 is 2.79 bits per heavy atom. The summed E-state index contributed by atoms with van der Waals surface area (Å²) in [5, 5.41) is 10.5. The molecule has 7 nitrogen and oxygen atoms in total. The lowest BCUT2D eigenvalue weighted by molar-refractivity contribution is 0.0748. The van der Waals surface area contributed by atoms with Crippen LogP contribution in [0.2, 0.25) is 0 Å². The zero-order valence-corrected chi connectivity index (χ0v) is 16.4. The number of para-hydroxylation sites is 2. The van der Waals surface area contributed by atoms with E-state index in [1.54, 1.807) is 23.5 Å². The summed E-state index contributed by atoms with van der Waals surface area (Å²) in [5.41, 5.74) is 1.80. The standard InChI is InChI=1S/C21H17N3O4S/c1-13-9-18(28-23-13)15-10-20(25)24(22-21(15)19-7-4-8-29-19)11-14-12-26-16-5-2-3-6-17(16)27-14/h2-10,14H,11-12H2,1H3/t14-/m1/s1. The molecule has 0 aliphatic carbocycles. The van der Waals surface area contributed by atoms with Gasteiger partial charge in [-0.25, -0.2) is 4.68 Å². The van der Waals surface area contributed by atoms with Crippen LogP contribution in [0.5, 0.6) is 11.5 Å². The fourth-order valence-corrected chi connectivity index (χ4v) is 3.96. The number of nitrogens with zero attached hydrogens (tertiary/aromatic N) is 3. The van der Waals surface area contributed by atoms with E-state index in [1.165, 1.54) is 4.68 Å². The largest absolute Gasteiger partial charge is 0.486 e. The molecule has 3 aromatic heterocycles. The Morgan fingerprint density at radius 2 is 2.03 bits per heavy atom. The minimum atomic E-state index is -0.315. The van der Waals surface area contributed by atoms with Crippen LogP contribution in [0.3, 0.4) is 0 Å². The highest BCUT2D eigenvalue weighted by atomic mass is 32.1. The molecule has 0 bridgehead atoms. The van der Waals surface area contributed by atoms with Gasteiger partial charge in [0.15, 0.2) is 23.4 Å². The molecule has 0 radical (unpaired) electrons. The molecule has 1 atom stereocenters. The molecular formula is C21H17N3O4S. The van der Waals surface area contributed by atoms with Gasteiger partial charge in [-0.05, 0) is 30.5 Å². The minimum absolute atomic E-state index is 0.239. The smallest absolute Gasteiger partial charge is 0.267 e. The number of hydrogen-bond donors (Lipinski definition) is 0. The topological polar surface area (TPSA) is 79.4 Å². The van der Waals surface area contributed by atoms with Gasteiger partial charge in [-0.1, -0.05) is 23.4 Å². The van der Waals surface area contributed by atoms with Gasteiger partial charge in [0.05, 0.1) is 22.7 Å². The van der Waals surface area contributed by atoms with Crippen LogP contribution in [0.4, 0.5) is 0 Å². The fraction of sp³-hybridized carbons (Fsp3) is 0.190. The summed E-state index contributed by atoms with van der Waals surface area (Å²) in [6.45, 7) is 2.47. The average molecular weight is 407 g/mol. The summed E-state index contributed by atoms with van der Waals surface area (Å²) in [4.78, 5) is 13.7. The molecule has 0 N–H and O–H groups in total. The number of rotatable bonds is 4. The van der Waals surface area contributed by atoms with Crippen LogP contribution in [0, 0.1) is 6.92 Å². The average Bonchev–Trinajstić information content (AvgIpc) is 3.41. The maximum Gasteiger partial charge on any atom is 0.267 e. The molecule has 1 aromatic carbocycles. The summed E-state index contributed by atoms with van der Waals surface area (Å²) in [6.07, 6.45) is -0.315. The molecule has 0 amide bonds. The van der Waals surface area contributed by atoms with Gasteiger partial charge in [0, 0.05) is 12.1 Å². The van der Waals surface area contributed by atoms with E-state index in [4.69, 9.17) is 14.0 Å². The molecule has 8 heteroatoms. The van der Waals surface area contributed by atoms with Crippen LogP contribution >= 0.6 is 11.3 Å². The molecule has 0 unspecified atom stereocenters. The van der Waals surface area contributed by atoms with Crippen molar-refractivity contribution in [2.75, 3.05) is 6.61 Å². The van der Waals surface area contributed by atoms with Crippen molar-refractivity contribution >= 4 is 11.3 Å². The van der Waals surface area contributed by atoms with Crippen molar-refractivity contribution < 1.29 is 14.0 Å². The predicted molar refractivity (Wildman–Crippen MR) is 108 cm³/mol. The monoisotopic (exact) mass is 407 g/mol. The number of fused-ring (bicyclic) bond motifs is 1. The normalized spacial score (nSPS) is 15.4. The maximum atomic E-state index is 12.8. The fourth-order valence-electron chi connectivity index (χ4n) is 3.24. The lowest BCUT2D eigenvalue weighted by Crippen LogP contribution is -2.37. The zero-order valence-electron chi connectivity index (χ0n) is 15.6. The number of thiophene rings is 1. The number of aromatic nitrogens is 3. The van der Waals surface area contributed by atoms with Crippen molar-refractivity contribution in [3.8, 4) is 33.4 Å². The van der Waals surface area contributed by atoms with E-state index < -0.39 is 0 Å². The highest BCUT2D eigenvalue weighted by Crippen LogP contribution is 2.33. The van der Waals surface area contributed by atoms with Crippen LogP contribution in [0.1, 0.15) is 5.69 Å². The second kappa shape index (κ2) is 7.21. The molecule has 1 aliphatic heterocycles. The van der Waals surface area contributed by atoms with Crippen molar-refractivity contribution in [3.05, 3.63) is 70.0 Å². The van der Waals surface area contributed by atoms with Gasteiger partial charge in [0.25, 0.3) is 5.56 Å². The lowest BCUT2D eigenvalue weighted by Gasteiger charge is -2.26. The van der Waals surface area contributed by atoms with E-state index in [1.807, 2.05) is 48.7 Å². The summed E-state index contributed by atoms with van der Waals surface area (Å²) in [5.74, 6) is 1.90. The van der Waals surface area contributed by atoms with Gasteiger partial charge in [-0.3, -0.25) is 4.79 Å². The Morgan fingerprint density at radius 1 is 1.17 bits per heavy atom. The molecule has 4 aromatic rings. The molecule has 5 rings (SSSR count). The Bertz CT molecular complexity index is 1210. The first-order chi connectivity index (χ1) is 14.2. The summed E-state index contributed by atoms with van der Waals surface area (Å²) in [6, 6.07) is 14.7. The van der Waals surface area contributed by atoms with Gasteiger partial charge in [-0.2, -0.15) is 5.10 Å². The first-order valence-electron chi connectivity index (χ1n) is 9.15. The lowest BCUT2D eigenvalue weighted by atomic mass is 10.1. The van der Waals surface area contributed by atoms with Gasteiger partial charge >= 0.3 is 0 Å². The van der Waals surface area contributed by atoms with E-state index in [0.29, 0.717) is 35.1 Å². The van der Waals surface area contributed by atoms with Crippen LogP contribution in [0.15, 0.2) is 63.2 Å². The zero-order chi connectivity index (χ0) is 19.8. The van der Waals surface area contributed by atoms with Crippen molar-refractivity contribution in [2.24, 2.45) is 0 Å². The highest BCUT2D eigenvalue weighted by Gasteiger charge is 2.23. The van der Waals surface area contributed by atoms with E-state index >= 15 is 0 Å². The van der Waals surface area contributed by atoms with Crippen LogP contribution in [-0.4, -0.2) is 27.6 Å². The molecule has 0 spiro atoms. The summed E-state index contributed by atoms with van der Waals surface area (Å²) >= 11 is 1.55. The van der Waals surface area contributed by atoms with E-state index in [-0.39, 0.29) is 18.2 Å². The van der Waals surface area contributed by atoms with Crippen molar-refractivity contribution in [2.45, 2.75) is 19.6 Å². The van der Waals surface area contributed by atoms with Crippen LogP contribution in [0.25, 0.3) is 21.9 Å². The highest BCUT2D eigenvalue weighted by molar-refractivity contribution is 7.13. The number of hydrogen-bond acceptors (Lipinski definition) is 7. The first kappa shape index (κ1) is 17.7. The maximum absolute atomic E-state index is 12.8. The number of ether oxygens (including phenoxy) is 2. The van der Waals surface area contributed by atoms with Gasteiger partial charge in [0.1, 0.15) is 12.3 Å². The van der Waals surface area contributed by atoms with Crippen LogP contribution in [-0.2, 0) is 6.54 Å². The molecule has 0 saturated heterocycles. The van der Waals surface area contributed by atoms with E-state index in [0.717, 1.165) is 10.6 Å². The Labute approximate surface area is 170 Å². The van der Waals surface area contributed by atoms with Gasteiger partial charge in [0.2, 0.25) is 0 Å². The second-order valence-electron chi connectivity index (χ2n) is 6.73. The van der Waals surface area contributed by atoms with E-state index in [2.05, 4.69) is 10.3 Å². The third-order valence-electron chi connectivity index (χ3n) is 4.59. The molecule has 146 valence electrons. The predicted octanol–water partition coefficient (Wildman–Crippen LogP) is 3.78. The Kier molecular flexibility index (Phi) is 4.40. The molecule has 29 heavy (non-hydrogen) atoms. The molecule has 0 fully saturated rings. The minimum Gasteiger partial charge on any atom is -0.486 e. The molecular weight excluding hydrogens is 390 g/mol. The quantitative estimate of drug-likeness (QED) is 0.512. The molecule has 4 heterocycles. The van der Waals surface area contributed by atoms with Crippen molar-refractivity contribution in [1.29, 1.82) is 0 Å². The van der Waals surface area contributed by atoms with Crippen molar-refractivity contribution in [3.63, 3.8) is 0 Å². The number of aryl methyl sites for hydroxylation is 1. The van der Waals surface area contributed by atoms with Gasteiger partial charge < -0.3 is 14.0 Å². The Hall–Kier alpha value is -3.39. The van der Waals surface area contributed by atoms with Gasteiger partial charge in [-0.15, -0.1) is 11.3 Å². The molecule has 0 saturated carbocycles. The summed E-state index contributed by atoms with van der Waals surface area (Å²) in [7, 11) is 0. The SMILES string of the molecule is Cc1cc(-c2cc(=O)n(C[C@@H]3COc4ccccc4O3)nc2-c2cccs2)on1.